The molecule has 50 valence electrons. The van der Waals surface area contributed by atoms with Crippen molar-refractivity contribution in [2.45, 2.75) is 5.56 Å². The highest BCUT2D eigenvalue weighted by molar-refractivity contribution is 6.26. The molecule has 1 aliphatic heterocycles. The summed E-state index contributed by atoms with van der Waals surface area (Å²) in [6.45, 7) is 0. The molecule has 0 saturated carbocycles. The van der Waals surface area contributed by atoms with Crippen LogP contribution in [0.3, 0.4) is 0 Å². The number of ether oxygens (including phenoxy) is 1. The van der Waals surface area contributed by atoms with Crippen molar-refractivity contribution >= 4 is 29.2 Å². The number of esters is 1. The third-order valence-electron chi connectivity index (χ3n) is 0.969. The third-order valence-corrected chi connectivity index (χ3v) is 1.65. The summed E-state index contributed by atoms with van der Waals surface area (Å²) in [5, 5.41) is 0. The molecule has 1 aliphatic rings. The molecule has 1 heterocycles. The van der Waals surface area contributed by atoms with Gasteiger partial charge >= 0.3 is 5.97 Å². The Balaban J connectivity index is 2.68. The molecule has 0 N–H and O–H groups in total. The SMILES string of the molecule is O=C1C=C(CCl)C(Cl)O1. The van der Waals surface area contributed by atoms with E-state index in [9.17, 15) is 4.79 Å². The van der Waals surface area contributed by atoms with E-state index in [1.165, 1.54) is 6.08 Å². The normalized spacial score (nSPS) is 25.8. The van der Waals surface area contributed by atoms with E-state index in [2.05, 4.69) is 4.74 Å². The van der Waals surface area contributed by atoms with Crippen LogP contribution in [-0.4, -0.2) is 17.4 Å². The van der Waals surface area contributed by atoms with Crippen molar-refractivity contribution < 1.29 is 9.53 Å². The average Bonchev–Trinajstić information content (AvgIpc) is 2.10. The summed E-state index contributed by atoms with van der Waals surface area (Å²) in [7, 11) is 0. The number of hydrogen-bond acceptors (Lipinski definition) is 2. The lowest BCUT2D eigenvalue weighted by molar-refractivity contribution is -0.136. The number of rotatable bonds is 1. The lowest BCUT2D eigenvalue weighted by Gasteiger charge is -2.00. The van der Waals surface area contributed by atoms with Crippen LogP contribution < -0.4 is 0 Å². The Morgan fingerprint density at radius 3 is 2.67 bits per heavy atom. The summed E-state index contributed by atoms with van der Waals surface area (Å²) in [4.78, 5) is 10.4. The number of carbonyl (C=O) groups excluding carboxylic acids is 1. The van der Waals surface area contributed by atoms with Gasteiger partial charge in [-0.25, -0.2) is 4.79 Å². The molecule has 0 radical (unpaired) electrons. The summed E-state index contributed by atoms with van der Waals surface area (Å²) in [5.41, 5.74) is -0.0154. The molecule has 0 amide bonds. The van der Waals surface area contributed by atoms with Gasteiger partial charge in [0, 0.05) is 17.5 Å². The molecule has 2 nitrogen and oxygen atoms in total. The molecular formula is C5H4Cl2O2. The van der Waals surface area contributed by atoms with Crippen LogP contribution in [-0.2, 0) is 9.53 Å². The molecule has 1 rings (SSSR count). The van der Waals surface area contributed by atoms with E-state index < -0.39 is 11.5 Å². The highest BCUT2D eigenvalue weighted by Gasteiger charge is 2.22. The highest BCUT2D eigenvalue weighted by atomic mass is 35.5. The lowest BCUT2D eigenvalue weighted by Crippen LogP contribution is -2.03. The van der Waals surface area contributed by atoms with Gasteiger partial charge in [-0.05, 0) is 0 Å². The van der Waals surface area contributed by atoms with Crippen LogP contribution in [0.25, 0.3) is 0 Å². The van der Waals surface area contributed by atoms with E-state index in [1.807, 2.05) is 0 Å². The van der Waals surface area contributed by atoms with Crippen molar-refractivity contribution in [1.29, 1.82) is 0 Å². The maximum atomic E-state index is 10.4. The molecule has 0 spiro atoms. The van der Waals surface area contributed by atoms with Crippen molar-refractivity contribution in [3.63, 3.8) is 0 Å². The van der Waals surface area contributed by atoms with Gasteiger partial charge in [0.15, 0.2) is 5.56 Å². The maximum absolute atomic E-state index is 10.4. The first-order valence-electron chi connectivity index (χ1n) is 2.35. The van der Waals surface area contributed by atoms with Gasteiger partial charge < -0.3 is 4.74 Å². The molecule has 0 aromatic heterocycles. The van der Waals surface area contributed by atoms with Crippen LogP contribution in [0.15, 0.2) is 11.6 Å². The first-order valence-corrected chi connectivity index (χ1v) is 3.32. The van der Waals surface area contributed by atoms with Gasteiger partial charge in [0.05, 0.1) is 0 Å². The number of halogens is 2. The van der Waals surface area contributed by atoms with E-state index in [1.54, 1.807) is 0 Å². The first-order chi connectivity index (χ1) is 4.24. The Labute approximate surface area is 62.4 Å². The van der Waals surface area contributed by atoms with Crippen LogP contribution in [0.4, 0.5) is 0 Å². The standard InChI is InChI=1S/C5H4Cl2O2/c6-2-3-1-4(8)9-5(3)7/h1,5H,2H2. The fourth-order valence-electron chi connectivity index (χ4n) is 0.528. The van der Waals surface area contributed by atoms with Crippen LogP contribution in [0.5, 0.6) is 0 Å². The Bertz CT molecular complexity index is 164. The highest BCUT2D eigenvalue weighted by Crippen LogP contribution is 2.19. The molecule has 0 bridgehead atoms. The molecule has 1 unspecified atom stereocenters. The lowest BCUT2D eigenvalue weighted by atomic mass is 10.3. The predicted molar refractivity (Wildman–Crippen MR) is 34.5 cm³/mol. The number of cyclic esters (lactones) is 1. The molecule has 0 aromatic rings. The minimum atomic E-state index is -0.644. The monoisotopic (exact) mass is 166 g/mol. The van der Waals surface area contributed by atoms with Crippen LogP contribution in [0.1, 0.15) is 0 Å². The van der Waals surface area contributed by atoms with Gasteiger partial charge in [-0.3, -0.25) is 0 Å². The van der Waals surface area contributed by atoms with Gasteiger partial charge in [0.1, 0.15) is 0 Å². The maximum Gasteiger partial charge on any atom is 0.332 e. The summed E-state index contributed by atoms with van der Waals surface area (Å²) < 4.78 is 4.51. The molecule has 0 saturated heterocycles. The van der Waals surface area contributed by atoms with Crippen molar-refractivity contribution in [3.8, 4) is 0 Å². The van der Waals surface area contributed by atoms with Gasteiger partial charge in [-0.2, -0.15) is 0 Å². The van der Waals surface area contributed by atoms with E-state index in [0.717, 1.165) is 0 Å². The summed E-state index contributed by atoms with van der Waals surface area (Å²) >= 11 is 10.9. The summed E-state index contributed by atoms with van der Waals surface area (Å²) in [5.74, 6) is -0.162. The van der Waals surface area contributed by atoms with Gasteiger partial charge in [-0.15, -0.1) is 11.6 Å². The second-order valence-electron chi connectivity index (χ2n) is 1.61. The topological polar surface area (TPSA) is 26.3 Å². The van der Waals surface area contributed by atoms with Gasteiger partial charge in [0.2, 0.25) is 0 Å². The minimum Gasteiger partial charge on any atom is -0.439 e. The van der Waals surface area contributed by atoms with E-state index in [0.29, 0.717) is 5.57 Å². The Hall–Kier alpha value is -0.210. The van der Waals surface area contributed by atoms with E-state index in [-0.39, 0.29) is 5.88 Å². The zero-order valence-electron chi connectivity index (χ0n) is 4.43. The molecule has 1 atom stereocenters. The first kappa shape index (κ1) is 6.90. The Kier molecular flexibility index (Phi) is 1.98. The Morgan fingerprint density at radius 1 is 1.78 bits per heavy atom. The second-order valence-corrected chi connectivity index (χ2v) is 2.27. The van der Waals surface area contributed by atoms with Gasteiger partial charge in [-0.1, -0.05) is 11.6 Å². The van der Waals surface area contributed by atoms with Crippen molar-refractivity contribution in [1.82, 2.24) is 0 Å². The van der Waals surface area contributed by atoms with Crippen molar-refractivity contribution in [2.24, 2.45) is 0 Å². The van der Waals surface area contributed by atoms with Crippen molar-refractivity contribution in [2.75, 3.05) is 5.88 Å². The fourth-order valence-corrected chi connectivity index (χ4v) is 1.05. The molecule has 0 aromatic carbocycles. The number of hydrogen-bond donors (Lipinski definition) is 0. The van der Waals surface area contributed by atoms with E-state index >= 15 is 0 Å². The smallest absolute Gasteiger partial charge is 0.332 e. The number of alkyl halides is 2. The van der Waals surface area contributed by atoms with Crippen molar-refractivity contribution in [3.05, 3.63) is 11.6 Å². The second kappa shape index (κ2) is 2.58. The molecule has 0 fully saturated rings. The quantitative estimate of drug-likeness (QED) is 0.434. The summed E-state index contributed by atoms with van der Waals surface area (Å²) in [6.07, 6.45) is 1.31. The zero-order chi connectivity index (χ0) is 6.85. The largest absolute Gasteiger partial charge is 0.439 e. The zero-order valence-corrected chi connectivity index (χ0v) is 5.95. The fraction of sp³-hybridized carbons (Fsp3) is 0.400. The van der Waals surface area contributed by atoms with Crippen LogP contribution in [0.2, 0.25) is 0 Å². The van der Waals surface area contributed by atoms with E-state index in [4.69, 9.17) is 23.2 Å². The predicted octanol–water partition coefficient (Wildman–Crippen LogP) is 1.27. The van der Waals surface area contributed by atoms with Gasteiger partial charge in [0.25, 0.3) is 0 Å². The molecule has 4 heteroatoms. The van der Waals surface area contributed by atoms with Crippen LogP contribution in [0, 0.1) is 0 Å². The van der Waals surface area contributed by atoms with Crippen LogP contribution >= 0.6 is 23.2 Å². The third kappa shape index (κ3) is 1.37. The Morgan fingerprint density at radius 2 is 2.44 bits per heavy atom. The molecular weight excluding hydrogens is 163 g/mol. The molecule has 0 aliphatic carbocycles. The number of carbonyl (C=O) groups is 1. The summed E-state index contributed by atoms with van der Waals surface area (Å²) in [6, 6.07) is 0. The average molecular weight is 167 g/mol. The molecule has 9 heavy (non-hydrogen) atoms. The minimum absolute atomic E-state index is 0.250.